The number of aromatic nitrogens is 1. The van der Waals surface area contributed by atoms with E-state index in [1.54, 1.807) is 4.31 Å². The van der Waals surface area contributed by atoms with Crippen molar-refractivity contribution in [2.75, 3.05) is 13.1 Å². The second-order valence-electron chi connectivity index (χ2n) is 5.43. The van der Waals surface area contributed by atoms with Crippen LogP contribution < -0.4 is 0 Å². The lowest BCUT2D eigenvalue weighted by Crippen LogP contribution is -2.42. The molecule has 0 bridgehead atoms. The zero-order valence-corrected chi connectivity index (χ0v) is 13.5. The van der Waals surface area contributed by atoms with Crippen molar-refractivity contribution in [2.24, 2.45) is 5.41 Å². The van der Waals surface area contributed by atoms with Crippen LogP contribution in [-0.2, 0) is 10.0 Å². The number of hydrogen-bond acceptors (Lipinski definition) is 3. The highest BCUT2D eigenvalue weighted by molar-refractivity contribution is 7.89. The van der Waals surface area contributed by atoms with E-state index in [2.05, 4.69) is 18.8 Å². The van der Waals surface area contributed by atoms with Crippen LogP contribution in [0.3, 0.4) is 0 Å². The van der Waals surface area contributed by atoms with Crippen molar-refractivity contribution in [1.82, 2.24) is 9.29 Å². The van der Waals surface area contributed by atoms with Crippen LogP contribution in [0.1, 0.15) is 39.5 Å². The lowest BCUT2D eigenvalue weighted by Gasteiger charge is -2.40. The van der Waals surface area contributed by atoms with E-state index in [4.69, 9.17) is 11.6 Å². The molecule has 1 fully saturated rings. The van der Waals surface area contributed by atoms with E-state index in [0.29, 0.717) is 23.7 Å². The molecule has 112 valence electrons. The first-order valence-electron chi connectivity index (χ1n) is 7.05. The van der Waals surface area contributed by atoms with Crippen LogP contribution >= 0.6 is 11.6 Å². The molecule has 4 nitrogen and oxygen atoms in total. The summed E-state index contributed by atoms with van der Waals surface area (Å²) < 4.78 is 26.6. The van der Waals surface area contributed by atoms with E-state index >= 15 is 0 Å². The zero-order chi connectivity index (χ0) is 14.8. The first-order valence-corrected chi connectivity index (χ1v) is 8.87. The minimum atomic E-state index is -3.43. The standard InChI is InChI=1S/C14H21ClN2O2S/c1-3-14(4-2)7-9-17(10-8-14)20(18,19)12-5-6-13(15)16-11-12/h5-6,11H,3-4,7-10H2,1-2H3. The summed E-state index contributed by atoms with van der Waals surface area (Å²) in [5, 5.41) is 0.304. The topological polar surface area (TPSA) is 50.3 Å². The summed E-state index contributed by atoms with van der Waals surface area (Å²) in [7, 11) is -3.43. The third kappa shape index (κ3) is 3.00. The Hall–Kier alpha value is -0.650. The van der Waals surface area contributed by atoms with E-state index in [1.807, 2.05) is 0 Å². The number of piperidine rings is 1. The van der Waals surface area contributed by atoms with Gasteiger partial charge in [-0.25, -0.2) is 13.4 Å². The highest BCUT2D eigenvalue weighted by Crippen LogP contribution is 2.39. The van der Waals surface area contributed by atoms with Crippen LogP contribution in [-0.4, -0.2) is 30.8 Å². The van der Waals surface area contributed by atoms with Crippen molar-refractivity contribution >= 4 is 21.6 Å². The highest BCUT2D eigenvalue weighted by Gasteiger charge is 2.36. The van der Waals surface area contributed by atoms with Crippen LogP contribution in [0.15, 0.2) is 23.2 Å². The van der Waals surface area contributed by atoms with E-state index in [0.717, 1.165) is 25.7 Å². The number of sulfonamides is 1. The molecule has 0 aromatic carbocycles. The molecule has 6 heteroatoms. The zero-order valence-electron chi connectivity index (χ0n) is 12.0. The fraction of sp³-hybridized carbons (Fsp3) is 0.643. The largest absolute Gasteiger partial charge is 0.244 e. The molecule has 0 N–H and O–H groups in total. The molecule has 20 heavy (non-hydrogen) atoms. The average molecular weight is 317 g/mol. The molecule has 1 aliphatic rings. The van der Waals surface area contributed by atoms with Crippen molar-refractivity contribution in [1.29, 1.82) is 0 Å². The monoisotopic (exact) mass is 316 g/mol. The number of pyridine rings is 1. The summed E-state index contributed by atoms with van der Waals surface area (Å²) in [4.78, 5) is 4.09. The molecule has 0 radical (unpaired) electrons. The van der Waals surface area contributed by atoms with E-state index in [-0.39, 0.29) is 4.90 Å². The Morgan fingerprint density at radius 3 is 2.30 bits per heavy atom. The minimum Gasteiger partial charge on any atom is -0.243 e. The summed E-state index contributed by atoms with van der Waals surface area (Å²) >= 11 is 5.70. The quantitative estimate of drug-likeness (QED) is 0.801. The number of nitrogens with zero attached hydrogens (tertiary/aromatic N) is 2. The molecule has 0 aliphatic carbocycles. The highest BCUT2D eigenvalue weighted by atomic mass is 35.5. The number of halogens is 1. The van der Waals surface area contributed by atoms with E-state index in [9.17, 15) is 8.42 Å². The normalized spacial score (nSPS) is 19.9. The summed E-state index contributed by atoms with van der Waals surface area (Å²) in [6.45, 7) is 5.56. The summed E-state index contributed by atoms with van der Waals surface area (Å²) in [5.41, 5.74) is 0.310. The number of rotatable bonds is 4. The Bertz CT molecular complexity index is 543. The Labute approximate surface area is 126 Å². The van der Waals surface area contributed by atoms with Crippen molar-refractivity contribution in [3.05, 3.63) is 23.5 Å². The molecule has 0 saturated carbocycles. The molecule has 1 aromatic heterocycles. The van der Waals surface area contributed by atoms with Gasteiger partial charge in [0.05, 0.1) is 0 Å². The summed E-state index contributed by atoms with van der Waals surface area (Å²) in [5.74, 6) is 0. The van der Waals surface area contributed by atoms with Crippen molar-refractivity contribution in [3.63, 3.8) is 0 Å². The smallest absolute Gasteiger partial charge is 0.243 e. The Kier molecular flexibility index (Phi) is 4.72. The van der Waals surface area contributed by atoms with Gasteiger partial charge in [-0.2, -0.15) is 4.31 Å². The summed E-state index contributed by atoms with van der Waals surface area (Å²) in [6.07, 6.45) is 5.42. The Morgan fingerprint density at radius 2 is 1.85 bits per heavy atom. The van der Waals surface area contributed by atoms with Crippen LogP contribution in [0.5, 0.6) is 0 Å². The van der Waals surface area contributed by atoms with Gasteiger partial charge in [-0.1, -0.05) is 38.3 Å². The molecule has 1 aliphatic heterocycles. The van der Waals surface area contributed by atoms with Gasteiger partial charge < -0.3 is 0 Å². The van der Waals surface area contributed by atoms with E-state index in [1.165, 1.54) is 18.3 Å². The predicted octanol–water partition coefficient (Wildman–Crippen LogP) is 3.33. The third-order valence-electron chi connectivity index (χ3n) is 4.62. The first kappa shape index (κ1) is 15.7. The van der Waals surface area contributed by atoms with Gasteiger partial charge in [0.15, 0.2) is 0 Å². The molecule has 0 unspecified atom stereocenters. The SMILES string of the molecule is CCC1(CC)CCN(S(=O)(=O)c2ccc(Cl)nc2)CC1. The maximum absolute atomic E-state index is 12.5. The predicted molar refractivity (Wildman–Crippen MR) is 80.3 cm³/mol. The van der Waals surface area contributed by atoms with Gasteiger partial charge in [0.1, 0.15) is 10.0 Å². The second kappa shape index (κ2) is 6.00. The molecule has 0 amide bonds. The Morgan fingerprint density at radius 1 is 1.25 bits per heavy atom. The van der Waals surface area contributed by atoms with Gasteiger partial charge in [-0.05, 0) is 30.4 Å². The molecular formula is C14H21ClN2O2S. The van der Waals surface area contributed by atoms with E-state index < -0.39 is 10.0 Å². The third-order valence-corrected chi connectivity index (χ3v) is 6.73. The number of hydrogen-bond donors (Lipinski definition) is 0. The second-order valence-corrected chi connectivity index (χ2v) is 7.75. The maximum atomic E-state index is 12.5. The molecule has 0 spiro atoms. The molecule has 0 atom stereocenters. The van der Waals surface area contributed by atoms with Crippen molar-refractivity contribution in [2.45, 2.75) is 44.4 Å². The van der Waals surface area contributed by atoms with Gasteiger partial charge in [-0.3, -0.25) is 0 Å². The van der Waals surface area contributed by atoms with Crippen LogP contribution in [0.4, 0.5) is 0 Å². The van der Waals surface area contributed by atoms with Gasteiger partial charge >= 0.3 is 0 Å². The van der Waals surface area contributed by atoms with Gasteiger partial charge in [0.25, 0.3) is 0 Å². The molecule has 2 heterocycles. The van der Waals surface area contributed by atoms with Gasteiger partial charge in [0.2, 0.25) is 10.0 Å². The first-order chi connectivity index (χ1) is 9.43. The van der Waals surface area contributed by atoms with Gasteiger partial charge in [-0.15, -0.1) is 0 Å². The molecular weight excluding hydrogens is 296 g/mol. The van der Waals surface area contributed by atoms with Crippen molar-refractivity contribution in [3.8, 4) is 0 Å². The lowest BCUT2D eigenvalue weighted by molar-refractivity contribution is 0.141. The van der Waals surface area contributed by atoms with Crippen LogP contribution in [0.2, 0.25) is 5.15 Å². The minimum absolute atomic E-state index is 0.224. The Balaban J connectivity index is 2.15. The fourth-order valence-corrected chi connectivity index (χ4v) is 4.32. The lowest BCUT2D eigenvalue weighted by atomic mass is 9.75. The average Bonchev–Trinajstić information content (AvgIpc) is 2.47. The fourth-order valence-electron chi connectivity index (χ4n) is 2.82. The molecule has 1 aromatic rings. The molecule has 2 rings (SSSR count). The maximum Gasteiger partial charge on any atom is 0.244 e. The molecule has 1 saturated heterocycles. The van der Waals surface area contributed by atoms with Crippen LogP contribution in [0.25, 0.3) is 0 Å². The summed E-state index contributed by atoms with van der Waals surface area (Å²) in [6, 6.07) is 3.03. The van der Waals surface area contributed by atoms with Crippen molar-refractivity contribution < 1.29 is 8.42 Å². The van der Waals surface area contributed by atoms with Gasteiger partial charge in [0, 0.05) is 19.3 Å². The van der Waals surface area contributed by atoms with Crippen LogP contribution in [0, 0.1) is 5.41 Å².